The van der Waals surface area contributed by atoms with Crippen LogP contribution in [0.1, 0.15) is 86.1 Å². The number of rotatable bonds is 6. The van der Waals surface area contributed by atoms with E-state index in [1.165, 1.54) is 37.0 Å². The third-order valence-corrected chi connectivity index (χ3v) is 7.66. The van der Waals surface area contributed by atoms with E-state index in [1.54, 1.807) is 13.0 Å². The average Bonchev–Trinajstić information content (AvgIpc) is 2.84. The van der Waals surface area contributed by atoms with Gasteiger partial charge in [-0.25, -0.2) is 9.18 Å². The molecule has 5 nitrogen and oxygen atoms in total. The Morgan fingerprint density at radius 1 is 1.14 bits per heavy atom. The van der Waals surface area contributed by atoms with Crippen LogP contribution in [-0.4, -0.2) is 24.1 Å². The van der Waals surface area contributed by atoms with E-state index in [-0.39, 0.29) is 23.8 Å². The Balaban J connectivity index is 1.61. The maximum atomic E-state index is 14.5. The molecule has 1 aliphatic carbocycles. The van der Waals surface area contributed by atoms with Crippen molar-refractivity contribution < 1.29 is 23.5 Å². The summed E-state index contributed by atoms with van der Waals surface area (Å²) in [6, 6.07) is 7.52. The van der Waals surface area contributed by atoms with Gasteiger partial charge in [-0.2, -0.15) is 0 Å². The summed E-state index contributed by atoms with van der Waals surface area (Å²) in [6.07, 6.45) is 8.09. The molecule has 1 fully saturated rings. The van der Waals surface area contributed by atoms with Crippen molar-refractivity contribution in [1.82, 2.24) is 0 Å². The van der Waals surface area contributed by atoms with Crippen LogP contribution in [-0.2, 0) is 4.74 Å². The van der Waals surface area contributed by atoms with Crippen LogP contribution in [0.25, 0.3) is 5.57 Å². The van der Waals surface area contributed by atoms with Crippen LogP contribution >= 0.6 is 15.9 Å². The Kier molecular flexibility index (Phi) is 7.88. The number of anilines is 1. The lowest BCUT2D eigenvalue weighted by molar-refractivity contribution is 0.0521. The standard InChI is InChI=1S/C29H33BrFNO4/c1-5-17-7-9-18(10-8-17)23-16-29(3,4)36-26-22(23)13-19(14-24(26)30)27(33)32-20-11-12-21(25(31)15-20)28(34)35-6-2/h11-18H,5-10H2,1-4H3,(H,32,33). The van der Waals surface area contributed by atoms with Crippen molar-refractivity contribution >= 4 is 39.1 Å². The molecule has 2 aromatic carbocycles. The minimum absolute atomic E-state index is 0.154. The number of amides is 1. The SMILES string of the molecule is CCOC(=O)c1ccc(NC(=O)c2cc(Br)c3c(c2)C(C2CCC(CC)CC2)=CC(C)(C)O3)cc1F. The van der Waals surface area contributed by atoms with Gasteiger partial charge in [0.05, 0.1) is 16.6 Å². The third-order valence-electron chi connectivity index (χ3n) is 7.07. The summed E-state index contributed by atoms with van der Waals surface area (Å²) >= 11 is 3.62. The molecule has 2 aliphatic rings. The zero-order valence-corrected chi connectivity index (χ0v) is 22.8. The fraction of sp³-hybridized carbons (Fsp3) is 0.448. The summed E-state index contributed by atoms with van der Waals surface area (Å²) in [5.74, 6) is 0.0957. The maximum absolute atomic E-state index is 14.5. The van der Waals surface area contributed by atoms with Crippen LogP contribution in [0.3, 0.4) is 0 Å². The molecule has 1 amide bonds. The van der Waals surface area contributed by atoms with Gasteiger partial charge in [0.1, 0.15) is 17.2 Å². The van der Waals surface area contributed by atoms with Gasteiger partial charge >= 0.3 is 5.97 Å². The normalized spacial score (nSPS) is 20.6. The van der Waals surface area contributed by atoms with Crippen LogP contribution in [0.15, 0.2) is 40.9 Å². The van der Waals surface area contributed by atoms with E-state index in [0.29, 0.717) is 16.0 Å². The zero-order valence-electron chi connectivity index (χ0n) is 21.3. The second-order valence-electron chi connectivity index (χ2n) is 10.1. The highest BCUT2D eigenvalue weighted by Gasteiger charge is 2.34. The van der Waals surface area contributed by atoms with E-state index in [2.05, 4.69) is 48.1 Å². The summed E-state index contributed by atoms with van der Waals surface area (Å²) in [5, 5.41) is 2.74. The number of allylic oxidation sites excluding steroid dienone is 1. The molecule has 4 rings (SSSR count). The van der Waals surface area contributed by atoms with Crippen LogP contribution in [0.2, 0.25) is 0 Å². The van der Waals surface area contributed by atoms with Gasteiger partial charge in [-0.05, 0) is 116 Å². The van der Waals surface area contributed by atoms with Gasteiger partial charge in [-0.1, -0.05) is 13.3 Å². The number of benzene rings is 2. The van der Waals surface area contributed by atoms with Crippen molar-refractivity contribution in [3.05, 3.63) is 63.4 Å². The highest BCUT2D eigenvalue weighted by atomic mass is 79.9. The second kappa shape index (κ2) is 10.8. The van der Waals surface area contributed by atoms with Crippen molar-refractivity contribution in [2.75, 3.05) is 11.9 Å². The molecule has 7 heteroatoms. The van der Waals surface area contributed by atoms with E-state index < -0.39 is 17.4 Å². The lowest BCUT2D eigenvalue weighted by Gasteiger charge is -2.37. The minimum atomic E-state index is -0.749. The number of nitrogens with one attached hydrogen (secondary N) is 1. The molecule has 1 saturated carbocycles. The van der Waals surface area contributed by atoms with Crippen molar-refractivity contribution in [2.24, 2.45) is 11.8 Å². The maximum Gasteiger partial charge on any atom is 0.341 e. The topological polar surface area (TPSA) is 64.6 Å². The molecule has 0 aromatic heterocycles. The van der Waals surface area contributed by atoms with Crippen LogP contribution in [0.4, 0.5) is 10.1 Å². The summed E-state index contributed by atoms with van der Waals surface area (Å²) in [6.45, 7) is 8.17. The summed E-state index contributed by atoms with van der Waals surface area (Å²) in [7, 11) is 0. The number of carbonyl (C=O) groups excluding carboxylic acids is 2. The summed E-state index contributed by atoms with van der Waals surface area (Å²) < 4.78 is 26.3. The highest BCUT2D eigenvalue weighted by molar-refractivity contribution is 9.10. The van der Waals surface area contributed by atoms with E-state index in [9.17, 15) is 14.0 Å². The summed E-state index contributed by atoms with van der Waals surface area (Å²) in [4.78, 5) is 25.0. The first kappa shape index (κ1) is 26.4. The first-order valence-electron chi connectivity index (χ1n) is 12.7. The van der Waals surface area contributed by atoms with E-state index in [4.69, 9.17) is 9.47 Å². The van der Waals surface area contributed by atoms with Gasteiger partial charge in [0, 0.05) is 16.8 Å². The van der Waals surface area contributed by atoms with Gasteiger partial charge < -0.3 is 14.8 Å². The molecular formula is C29H33BrFNO4. The highest BCUT2D eigenvalue weighted by Crippen LogP contribution is 2.48. The molecule has 0 atom stereocenters. The monoisotopic (exact) mass is 557 g/mol. The molecule has 36 heavy (non-hydrogen) atoms. The number of fused-ring (bicyclic) bond motifs is 1. The molecule has 0 bridgehead atoms. The first-order valence-corrected chi connectivity index (χ1v) is 13.4. The fourth-order valence-corrected chi connectivity index (χ4v) is 5.72. The lowest BCUT2D eigenvalue weighted by atomic mass is 9.74. The summed E-state index contributed by atoms with van der Waals surface area (Å²) in [5.41, 5.74) is 2.23. The lowest BCUT2D eigenvalue weighted by Crippen LogP contribution is -2.31. The number of hydrogen-bond donors (Lipinski definition) is 1. The molecule has 0 spiro atoms. The molecule has 2 aromatic rings. The number of ether oxygens (including phenoxy) is 2. The Labute approximate surface area is 220 Å². The fourth-order valence-electron chi connectivity index (χ4n) is 5.18. The zero-order chi connectivity index (χ0) is 26.0. The molecule has 1 heterocycles. The molecule has 1 aliphatic heterocycles. The van der Waals surface area contributed by atoms with Gasteiger partial charge in [-0.3, -0.25) is 4.79 Å². The van der Waals surface area contributed by atoms with Crippen LogP contribution < -0.4 is 10.1 Å². The van der Waals surface area contributed by atoms with Crippen molar-refractivity contribution in [3.63, 3.8) is 0 Å². The second-order valence-corrected chi connectivity index (χ2v) is 11.0. The number of esters is 1. The third kappa shape index (κ3) is 5.66. The molecule has 192 valence electrons. The van der Waals surface area contributed by atoms with Gasteiger partial charge in [0.2, 0.25) is 0 Å². The number of hydrogen-bond acceptors (Lipinski definition) is 4. The van der Waals surface area contributed by atoms with Gasteiger partial charge in [-0.15, -0.1) is 0 Å². The van der Waals surface area contributed by atoms with Crippen LogP contribution in [0, 0.1) is 17.7 Å². The quantitative estimate of drug-likeness (QED) is 0.368. The Bertz CT molecular complexity index is 1200. The van der Waals surface area contributed by atoms with Crippen LogP contribution in [0.5, 0.6) is 5.75 Å². The van der Waals surface area contributed by atoms with Gasteiger partial charge in [0.15, 0.2) is 0 Å². The smallest absolute Gasteiger partial charge is 0.341 e. The van der Waals surface area contributed by atoms with E-state index in [0.717, 1.165) is 36.1 Å². The largest absolute Gasteiger partial charge is 0.482 e. The minimum Gasteiger partial charge on any atom is -0.482 e. The molecule has 1 N–H and O–H groups in total. The Hall–Kier alpha value is -2.67. The molecule has 0 unspecified atom stereocenters. The molecule has 0 radical (unpaired) electrons. The Morgan fingerprint density at radius 3 is 2.50 bits per heavy atom. The predicted molar refractivity (Wildman–Crippen MR) is 143 cm³/mol. The van der Waals surface area contributed by atoms with Gasteiger partial charge in [0.25, 0.3) is 5.91 Å². The number of halogens is 2. The van der Waals surface area contributed by atoms with Crippen molar-refractivity contribution in [1.29, 1.82) is 0 Å². The first-order chi connectivity index (χ1) is 17.1. The average molecular weight is 558 g/mol. The predicted octanol–water partition coefficient (Wildman–Crippen LogP) is 7.79. The van der Waals surface area contributed by atoms with Crippen molar-refractivity contribution in [2.45, 2.75) is 65.4 Å². The molecule has 0 saturated heterocycles. The van der Waals surface area contributed by atoms with E-state index in [1.807, 2.05) is 6.07 Å². The Morgan fingerprint density at radius 2 is 1.86 bits per heavy atom. The van der Waals surface area contributed by atoms with E-state index >= 15 is 0 Å². The van der Waals surface area contributed by atoms with Crippen molar-refractivity contribution in [3.8, 4) is 5.75 Å². The molecular weight excluding hydrogens is 525 g/mol. The number of carbonyl (C=O) groups is 2.